The minimum Gasteiger partial charge on any atom is -0.508 e. The van der Waals surface area contributed by atoms with Crippen LogP contribution < -0.4 is 0 Å². The van der Waals surface area contributed by atoms with Crippen molar-refractivity contribution in [2.45, 2.75) is 6.92 Å². The molecule has 2 aromatic rings. The van der Waals surface area contributed by atoms with Gasteiger partial charge in [0.15, 0.2) is 0 Å². The van der Waals surface area contributed by atoms with Crippen LogP contribution in [0, 0.1) is 6.92 Å². The van der Waals surface area contributed by atoms with E-state index in [-0.39, 0.29) is 5.75 Å². The van der Waals surface area contributed by atoms with Gasteiger partial charge in [-0.15, -0.1) is 0 Å². The van der Waals surface area contributed by atoms with Gasteiger partial charge in [-0.05, 0) is 19.1 Å². The van der Waals surface area contributed by atoms with Gasteiger partial charge in [0.2, 0.25) is 0 Å². The SMILES string of the molecule is Cc1c(C(=O)O)c2ccc(O)cc2n1C. The van der Waals surface area contributed by atoms with Crippen molar-refractivity contribution < 1.29 is 15.0 Å². The predicted octanol–water partition coefficient (Wildman–Crippen LogP) is 1.89. The lowest BCUT2D eigenvalue weighted by atomic mass is 10.1. The molecule has 78 valence electrons. The van der Waals surface area contributed by atoms with E-state index in [1.807, 2.05) is 0 Å². The molecule has 1 heterocycles. The van der Waals surface area contributed by atoms with Gasteiger partial charge in [-0.2, -0.15) is 0 Å². The van der Waals surface area contributed by atoms with E-state index in [0.717, 1.165) is 5.52 Å². The second kappa shape index (κ2) is 3.02. The Balaban J connectivity index is 2.93. The Morgan fingerprint density at radius 2 is 2.07 bits per heavy atom. The van der Waals surface area contributed by atoms with Crippen molar-refractivity contribution in [2.24, 2.45) is 7.05 Å². The van der Waals surface area contributed by atoms with Gasteiger partial charge < -0.3 is 14.8 Å². The van der Waals surface area contributed by atoms with Crippen molar-refractivity contribution in [3.8, 4) is 5.75 Å². The molecular formula is C11H11NO3. The van der Waals surface area contributed by atoms with Crippen LogP contribution in [0.15, 0.2) is 18.2 Å². The number of aromatic carboxylic acids is 1. The summed E-state index contributed by atoms with van der Waals surface area (Å²) in [4.78, 5) is 11.1. The number of phenols is 1. The van der Waals surface area contributed by atoms with Gasteiger partial charge in [-0.25, -0.2) is 4.79 Å². The maximum Gasteiger partial charge on any atom is 0.338 e. The Bertz CT molecular complexity index is 554. The summed E-state index contributed by atoms with van der Waals surface area (Å²) in [7, 11) is 1.78. The highest BCUT2D eigenvalue weighted by atomic mass is 16.4. The van der Waals surface area contributed by atoms with Gasteiger partial charge in [-0.1, -0.05) is 0 Å². The fourth-order valence-corrected chi connectivity index (χ4v) is 1.82. The van der Waals surface area contributed by atoms with Crippen molar-refractivity contribution >= 4 is 16.9 Å². The monoisotopic (exact) mass is 205 g/mol. The summed E-state index contributed by atoms with van der Waals surface area (Å²) in [6.07, 6.45) is 0. The fraction of sp³-hybridized carbons (Fsp3) is 0.182. The van der Waals surface area contributed by atoms with E-state index in [1.165, 1.54) is 6.07 Å². The quantitative estimate of drug-likeness (QED) is 0.747. The van der Waals surface area contributed by atoms with Crippen LogP contribution in [0.5, 0.6) is 5.75 Å². The third-order valence-electron chi connectivity index (χ3n) is 2.69. The van der Waals surface area contributed by atoms with Gasteiger partial charge in [0.05, 0.1) is 11.1 Å². The van der Waals surface area contributed by atoms with Gasteiger partial charge in [0.25, 0.3) is 0 Å². The first-order valence-electron chi connectivity index (χ1n) is 4.53. The fourth-order valence-electron chi connectivity index (χ4n) is 1.82. The molecule has 15 heavy (non-hydrogen) atoms. The number of aromatic nitrogens is 1. The van der Waals surface area contributed by atoms with Crippen LogP contribution in [-0.2, 0) is 7.05 Å². The Hall–Kier alpha value is -1.97. The standard InChI is InChI=1S/C11H11NO3/c1-6-10(11(14)15)8-4-3-7(13)5-9(8)12(6)2/h3-5,13H,1-2H3,(H,14,15). The van der Waals surface area contributed by atoms with Gasteiger partial charge >= 0.3 is 5.97 Å². The van der Waals surface area contributed by atoms with Crippen LogP contribution in [0.25, 0.3) is 10.9 Å². The first-order chi connectivity index (χ1) is 7.02. The van der Waals surface area contributed by atoms with E-state index in [0.29, 0.717) is 16.6 Å². The van der Waals surface area contributed by atoms with Gasteiger partial charge in [-0.3, -0.25) is 0 Å². The molecule has 0 atom stereocenters. The first kappa shape index (κ1) is 9.58. The minimum absolute atomic E-state index is 0.139. The van der Waals surface area contributed by atoms with Crippen LogP contribution in [0.1, 0.15) is 16.1 Å². The molecule has 4 nitrogen and oxygen atoms in total. The molecule has 0 radical (unpaired) electrons. The molecule has 2 N–H and O–H groups in total. The van der Waals surface area contributed by atoms with E-state index in [4.69, 9.17) is 5.11 Å². The number of benzene rings is 1. The van der Waals surface area contributed by atoms with Crippen molar-refractivity contribution in [2.75, 3.05) is 0 Å². The molecule has 0 fully saturated rings. The Kier molecular flexibility index (Phi) is 1.93. The zero-order chi connectivity index (χ0) is 11.2. The third kappa shape index (κ3) is 1.26. The summed E-state index contributed by atoms with van der Waals surface area (Å²) in [6, 6.07) is 4.68. The number of carboxylic acid groups (broad SMARTS) is 1. The molecule has 0 aliphatic heterocycles. The molecule has 2 rings (SSSR count). The number of fused-ring (bicyclic) bond motifs is 1. The first-order valence-corrected chi connectivity index (χ1v) is 4.53. The maximum atomic E-state index is 11.1. The highest BCUT2D eigenvalue weighted by Crippen LogP contribution is 2.27. The van der Waals surface area contributed by atoms with Crippen LogP contribution in [0.2, 0.25) is 0 Å². The number of nitrogens with zero attached hydrogens (tertiary/aromatic N) is 1. The Morgan fingerprint density at radius 3 is 2.67 bits per heavy atom. The Labute approximate surface area is 86.4 Å². The van der Waals surface area contributed by atoms with Crippen molar-refractivity contribution in [1.29, 1.82) is 0 Å². The number of aromatic hydroxyl groups is 1. The van der Waals surface area contributed by atoms with Crippen LogP contribution in [0.4, 0.5) is 0 Å². The molecule has 0 bridgehead atoms. The van der Waals surface area contributed by atoms with E-state index in [9.17, 15) is 9.90 Å². The van der Waals surface area contributed by atoms with E-state index in [2.05, 4.69) is 0 Å². The lowest BCUT2D eigenvalue weighted by Gasteiger charge is -1.98. The maximum absolute atomic E-state index is 11.1. The molecule has 1 aromatic heterocycles. The highest BCUT2D eigenvalue weighted by molar-refractivity contribution is 6.05. The van der Waals surface area contributed by atoms with Crippen LogP contribution >= 0.6 is 0 Å². The lowest BCUT2D eigenvalue weighted by molar-refractivity contribution is 0.0698. The summed E-state index contributed by atoms with van der Waals surface area (Å²) in [5, 5.41) is 19.1. The predicted molar refractivity (Wildman–Crippen MR) is 56.3 cm³/mol. The van der Waals surface area contributed by atoms with Crippen molar-refractivity contribution in [1.82, 2.24) is 4.57 Å². The van der Waals surface area contributed by atoms with Crippen molar-refractivity contribution in [3.05, 3.63) is 29.5 Å². The molecule has 1 aromatic carbocycles. The molecule has 4 heteroatoms. The number of phenolic OH excluding ortho intramolecular Hbond substituents is 1. The topological polar surface area (TPSA) is 62.5 Å². The average molecular weight is 205 g/mol. The number of aryl methyl sites for hydroxylation is 1. The normalized spacial score (nSPS) is 10.8. The number of hydrogen-bond acceptors (Lipinski definition) is 2. The second-order valence-corrected chi connectivity index (χ2v) is 3.53. The summed E-state index contributed by atoms with van der Waals surface area (Å²) >= 11 is 0. The zero-order valence-electron chi connectivity index (χ0n) is 8.48. The van der Waals surface area contributed by atoms with E-state index < -0.39 is 5.97 Å². The van der Waals surface area contributed by atoms with Crippen molar-refractivity contribution in [3.63, 3.8) is 0 Å². The smallest absolute Gasteiger partial charge is 0.338 e. The van der Waals surface area contributed by atoms with Crippen LogP contribution in [-0.4, -0.2) is 20.7 Å². The number of rotatable bonds is 1. The average Bonchev–Trinajstić information content (AvgIpc) is 2.41. The molecule has 0 aliphatic rings. The molecule has 0 unspecified atom stereocenters. The molecule has 0 aliphatic carbocycles. The summed E-state index contributed by atoms with van der Waals surface area (Å²) < 4.78 is 1.76. The van der Waals surface area contributed by atoms with Gasteiger partial charge in [0.1, 0.15) is 5.75 Å². The number of carboxylic acids is 1. The molecule has 0 spiro atoms. The third-order valence-corrected chi connectivity index (χ3v) is 2.69. The van der Waals surface area contributed by atoms with E-state index in [1.54, 1.807) is 30.7 Å². The zero-order valence-corrected chi connectivity index (χ0v) is 8.48. The largest absolute Gasteiger partial charge is 0.508 e. The Morgan fingerprint density at radius 1 is 1.40 bits per heavy atom. The summed E-state index contributed by atoms with van der Waals surface area (Å²) in [5.41, 5.74) is 1.71. The molecular weight excluding hydrogens is 194 g/mol. The summed E-state index contributed by atoms with van der Waals surface area (Å²) in [6.45, 7) is 1.75. The second-order valence-electron chi connectivity index (χ2n) is 3.53. The number of carbonyl (C=O) groups is 1. The van der Waals surface area contributed by atoms with E-state index >= 15 is 0 Å². The summed E-state index contributed by atoms with van der Waals surface area (Å²) in [5.74, 6) is -0.802. The lowest BCUT2D eigenvalue weighted by Crippen LogP contribution is -1.99. The minimum atomic E-state index is -0.941. The molecule has 0 saturated carbocycles. The highest BCUT2D eigenvalue weighted by Gasteiger charge is 2.17. The van der Waals surface area contributed by atoms with Crippen LogP contribution in [0.3, 0.4) is 0 Å². The molecule has 0 saturated heterocycles. The molecule has 0 amide bonds. The number of hydrogen-bond donors (Lipinski definition) is 2. The van der Waals surface area contributed by atoms with Gasteiger partial charge in [0, 0.05) is 24.2 Å².